The zero-order chi connectivity index (χ0) is 24.9. The maximum atomic E-state index is 12.9. The highest BCUT2D eigenvalue weighted by Gasteiger charge is 2.32. The van der Waals surface area contributed by atoms with Crippen LogP contribution >= 0.6 is 0 Å². The molecule has 0 radical (unpaired) electrons. The van der Waals surface area contributed by atoms with Crippen LogP contribution in [0.15, 0.2) is 60.8 Å². The van der Waals surface area contributed by atoms with Gasteiger partial charge in [0, 0.05) is 32.2 Å². The van der Waals surface area contributed by atoms with Gasteiger partial charge in [0.1, 0.15) is 12.6 Å². The Hall–Kier alpha value is -4.18. The number of carboxylic acids is 1. The van der Waals surface area contributed by atoms with Crippen LogP contribution in [0.1, 0.15) is 35.2 Å². The van der Waals surface area contributed by atoms with Gasteiger partial charge in [-0.3, -0.25) is 9.48 Å². The lowest BCUT2D eigenvalue weighted by Gasteiger charge is -2.22. The highest BCUT2D eigenvalue weighted by atomic mass is 16.5. The van der Waals surface area contributed by atoms with Crippen LogP contribution < -0.4 is 10.6 Å². The average molecular weight is 479 g/mol. The number of ether oxygens (including phenoxy) is 1. The first-order chi connectivity index (χ1) is 16.9. The zero-order valence-electron chi connectivity index (χ0n) is 19.0. The van der Waals surface area contributed by atoms with Gasteiger partial charge in [-0.2, -0.15) is 5.10 Å². The van der Waals surface area contributed by atoms with Crippen molar-refractivity contribution in [2.45, 2.75) is 24.4 Å². The number of nitrogens with zero attached hydrogens (tertiary/aromatic N) is 2. The maximum Gasteiger partial charge on any atom is 0.408 e. The van der Waals surface area contributed by atoms with Crippen molar-refractivity contribution < 1.29 is 29.3 Å². The van der Waals surface area contributed by atoms with Gasteiger partial charge in [0.05, 0.1) is 5.69 Å². The SMILES string of the molecule is Cn1nccc1C(NC(=O)OCC1c2ccccc2-c2ccccc21)C(=O)N[C@@H](CCO)C(=O)O. The average Bonchev–Trinajstić information content (AvgIpc) is 3.41. The number of aryl methyl sites for hydroxylation is 1. The molecule has 0 fully saturated rings. The van der Waals surface area contributed by atoms with Crippen molar-refractivity contribution in [3.63, 3.8) is 0 Å². The van der Waals surface area contributed by atoms with E-state index in [0.717, 1.165) is 22.3 Å². The number of carbonyl (C=O) groups excluding carboxylic acids is 2. The standard InChI is InChI=1S/C25H26N4O6/c1-29-21(10-12-26-29)22(23(31)27-20(11-13-30)24(32)33)28-25(34)35-14-19-17-8-4-2-6-15(17)16-7-3-5-9-18(16)19/h2-10,12,19-20,22,30H,11,13-14H2,1H3,(H,27,31)(H,28,34)(H,32,33)/t20-,22?/m0/s1. The Morgan fingerprint density at radius 1 is 1.03 bits per heavy atom. The van der Waals surface area contributed by atoms with Gasteiger partial charge in [0.25, 0.3) is 0 Å². The fourth-order valence-corrected chi connectivity index (χ4v) is 4.34. The lowest BCUT2D eigenvalue weighted by Crippen LogP contribution is -2.48. The number of hydrogen-bond donors (Lipinski definition) is 4. The first-order valence-corrected chi connectivity index (χ1v) is 11.1. The first kappa shape index (κ1) is 24.0. The maximum absolute atomic E-state index is 12.9. The largest absolute Gasteiger partial charge is 0.480 e. The normalized spacial score (nSPS) is 13.9. The predicted molar refractivity (Wildman–Crippen MR) is 125 cm³/mol. The van der Waals surface area contributed by atoms with E-state index in [4.69, 9.17) is 9.84 Å². The van der Waals surface area contributed by atoms with Gasteiger partial charge in [-0.25, -0.2) is 9.59 Å². The van der Waals surface area contributed by atoms with Crippen LogP contribution in [-0.2, 0) is 21.4 Å². The number of carbonyl (C=O) groups is 3. The molecule has 0 bridgehead atoms. The van der Waals surface area contributed by atoms with E-state index in [0.29, 0.717) is 5.69 Å². The summed E-state index contributed by atoms with van der Waals surface area (Å²) in [6.45, 7) is -0.366. The van der Waals surface area contributed by atoms with Crippen LogP contribution in [-0.4, -0.2) is 57.2 Å². The summed E-state index contributed by atoms with van der Waals surface area (Å²) in [5, 5.41) is 27.3. The van der Waals surface area contributed by atoms with E-state index in [1.54, 1.807) is 7.05 Å². The summed E-state index contributed by atoms with van der Waals surface area (Å²) in [6, 6.07) is 14.8. The molecule has 1 aliphatic rings. The third-order valence-corrected chi connectivity index (χ3v) is 6.06. The number of aliphatic hydroxyl groups excluding tert-OH is 1. The van der Waals surface area contributed by atoms with Crippen LogP contribution in [0.5, 0.6) is 0 Å². The Balaban J connectivity index is 1.49. The van der Waals surface area contributed by atoms with Crippen molar-refractivity contribution in [2.75, 3.05) is 13.2 Å². The summed E-state index contributed by atoms with van der Waals surface area (Å²) in [7, 11) is 1.59. The molecule has 4 rings (SSSR count). The van der Waals surface area contributed by atoms with Crippen LogP contribution in [0.25, 0.3) is 11.1 Å². The molecule has 1 heterocycles. The van der Waals surface area contributed by atoms with Crippen molar-refractivity contribution in [3.8, 4) is 11.1 Å². The molecule has 0 saturated heterocycles. The number of nitrogens with one attached hydrogen (secondary N) is 2. The molecule has 35 heavy (non-hydrogen) atoms. The molecule has 1 unspecified atom stereocenters. The lowest BCUT2D eigenvalue weighted by molar-refractivity contribution is -0.142. The molecule has 3 aromatic rings. The number of rotatable bonds is 9. The van der Waals surface area contributed by atoms with Gasteiger partial charge in [-0.15, -0.1) is 0 Å². The number of fused-ring (bicyclic) bond motifs is 3. The number of hydrogen-bond acceptors (Lipinski definition) is 6. The van der Waals surface area contributed by atoms with E-state index in [1.165, 1.54) is 16.9 Å². The van der Waals surface area contributed by atoms with Gasteiger partial charge < -0.3 is 25.6 Å². The van der Waals surface area contributed by atoms with Crippen molar-refractivity contribution >= 4 is 18.0 Å². The molecule has 182 valence electrons. The quantitative estimate of drug-likeness (QED) is 0.368. The van der Waals surface area contributed by atoms with Crippen LogP contribution in [0.4, 0.5) is 4.79 Å². The zero-order valence-corrected chi connectivity index (χ0v) is 19.0. The minimum atomic E-state index is -1.31. The minimum Gasteiger partial charge on any atom is -0.480 e. The number of amides is 2. The Kier molecular flexibility index (Phi) is 7.11. The topological polar surface area (TPSA) is 143 Å². The second-order valence-electron chi connectivity index (χ2n) is 8.19. The molecule has 10 heteroatoms. The molecule has 0 spiro atoms. The third-order valence-electron chi connectivity index (χ3n) is 6.06. The van der Waals surface area contributed by atoms with E-state index in [9.17, 15) is 19.5 Å². The van der Waals surface area contributed by atoms with E-state index in [2.05, 4.69) is 15.7 Å². The Morgan fingerprint density at radius 2 is 1.66 bits per heavy atom. The molecule has 4 N–H and O–H groups in total. The minimum absolute atomic E-state index is 0.0574. The van der Waals surface area contributed by atoms with Gasteiger partial charge in [0.15, 0.2) is 6.04 Å². The number of carboxylic acid groups (broad SMARTS) is 1. The fraction of sp³-hybridized carbons (Fsp3) is 0.280. The van der Waals surface area contributed by atoms with Gasteiger partial charge in [0.2, 0.25) is 5.91 Å². The first-order valence-electron chi connectivity index (χ1n) is 11.1. The molecule has 10 nitrogen and oxygen atoms in total. The highest BCUT2D eigenvalue weighted by molar-refractivity contribution is 5.90. The van der Waals surface area contributed by atoms with Crippen LogP contribution in [0.3, 0.4) is 0 Å². The second kappa shape index (κ2) is 10.4. The van der Waals surface area contributed by atoms with Crippen LogP contribution in [0.2, 0.25) is 0 Å². The van der Waals surface area contributed by atoms with Crippen LogP contribution in [0, 0.1) is 0 Å². The predicted octanol–water partition coefficient (Wildman–Crippen LogP) is 1.95. The molecule has 2 aromatic carbocycles. The Labute approximate surface area is 201 Å². The molecular weight excluding hydrogens is 452 g/mol. The third kappa shape index (κ3) is 5.02. The fourth-order valence-electron chi connectivity index (χ4n) is 4.34. The summed E-state index contributed by atoms with van der Waals surface area (Å²) in [5.41, 5.74) is 4.62. The van der Waals surface area contributed by atoms with E-state index < -0.39 is 36.7 Å². The van der Waals surface area contributed by atoms with E-state index >= 15 is 0 Å². The van der Waals surface area contributed by atoms with Crippen molar-refractivity contribution in [3.05, 3.63) is 77.6 Å². The summed E-state index contributed by atoms with van der Waals surface area (Å²) < 4.78 is 6.94. The summed E-state index contributed by atoms with van der Waals surface area (Å²) in [6.07, 6.45) is 0.448. The smallest absolute Gasteiger partial charge is 0.408 e. The second-order valence-corrected chi connectivity index (χ2v) is 8.19. The van der Waals surface area contributed by atoms with E-state index in [1.807, 2.05) is 48.5 Å². The van der Waals surface area contributed by atoms with E-state index in [-0.39, 0.29) is 18.9 Å². The summed E-state index contributed by atoms with van der Waals surface area (Å²) >= 11 is 0. The molecule has 0 aliphatic heterocycles. The van der Waals surface area contributed by atoms with Crippen molar-refractivity contribution in [1.29, 1.82) is 0 Å². The Bertz CT molecular complexity index is 1190. The highest BCUT2D eigenvalue weighted by Crippen LogP contribution is 2.44. The Morgan fingerprint density at radius 3 is 2.20 bits per heavy atom. The lowest BCUT2D eigenvalue weighted by atomic mass is 9.98. The van der Waals surface area contributed by atoms with Gasteiger partial charge in [-0.05, 0) is 28.3 Å². The number of benzene rings is 2. The number of aromatic nitrogens is 2. The molecule has 0 saturated carbocycles. The van der Waals surface area contributed by atoms with Gasteiger partial charge >= 0.3 is 12.1 Å². The number of aliphatic carboxylic acids is 1. The number of aliphatic hydroxyl groups is 1. The molecule has 2 amide bonds. The van der Waals surface area contributed by atoms with Crippen molar-refractivity contribution in [2.24, 2.45) is 7.05 Å². The summed E-state index contributed by atoms with van der Waals surface area (Å²) in [5.74, 6) is -2.21. The van der Waals surface area contributed by atoms with Gasteiger partial charge in [-0.1, -0.05) is 48.5 Å². The molecule has 1 aromatic heterocycles. The summed E-state index contributed by atoms with van der Waals surface area (Å²) in [4.78, 5) is 37.1. The van der Waals surface area contributed by atoms with Crippen molar-refractivity contribution in [1.82, 2.24) is 20.4 Å². The molecule has 2 atom stereocenters. The molecule has 1 aliphatic carbocycles. The molecular formula is C25H26N4O6. The number of alkyl carbamates (subject to hydrolysis) is 1. The monoisotopic (exact) mass is 478 g/mol.